The molecule has 0 bridgehead atoms. The van der Waals surface area contributed by atoms with Crippen LogP contribution < -0.4 is 5.73 Å². The molecule has 1 amide bonds. The molecule has 4 aromatic rings. The molecule has 0 spiro atoms. The Morgan fingerprint density at radius 1 is 1.11 bits per heavy atom. The number of carbonyl (C=O) groups is 1. The third-order valence-electron chi connectivity index (χ3n) is 5.39. The predicted octanol–water partition coefficient (Wildman–Crippen LogP) is 4.51. The van der Waals surface area contributed by atoms with Crippen molar-refractivity contribution in [3.8, 4) is 0 Å². The van der Waals surface area contributed by atoms with Crippen LogP contribution in [-0.2, 0) is 17.9 Å². The Balaban J connectivity index is 2.05. The maximum absolute atomic E-state index is 12.1. The maximum Gasteiger partial charge on any atom is 0.249 e. The Hall–Kier alpha value is -3.11. The van der Waals surface area contributed by atoms with Gasteiger partial charge in [-0.2, -0.15) is 0 Å². The highest BCUT2D eigenvalue weighted by Gasteiger charge is 2.18. The molecular formula is C24H23N2O2. The van der Waals surface area contributed by atoms with Crippen molar-refractivity contribution < 1.29 is 9.53 Å². The summed E-state index contributed by atoms with van der Waals surface area (Å²) in [7, 11) is 1.68. The van der Waals surface area contributed by atoms with Crippen molar-refractivity contribution >= 4 is 27.7 Å². The summed E-state index contributed by atoms with van der Waals surface area (Å²) < 4.78 is 7.56. The van der Waals surface area contributed by atoms with Crippen LogP contribution in [0.15, 0.2) is 48.5 Å². The Morgan fingerprint density at radius 3 is 2.50 bits per heavy atom. The third-order valence-corrected chi connectivity index (χ3v) is 5.39. The van der Waals surface area contributed by atoms with Gasteiger partial charge in [-0.05, 0) is 66.4 Å². The van der Waals surface area contributed by atoms with Crippen LogP contribution in [0.3, 0.4) is 0 Å². The van der Waals surface area contributed by atoms with E-state index in [1.165, 1.54) is 16.7 Å². The molecule has 4 nitrogen and oxygen atoms in total. The molecule has 0 aliphatic carbocycles. The second-order valence-corrected chi connectivity index (χ2v) is 7.22. The van der Waals surface area contributed by atoms with Crippen molar-refractivity contribution in [3.05, 3.63) is 82.4 Å². The minimum atomic E-state index is -0.425. The highest BCUT2D eigenvalue weighted by atomic mass is 16.5. The first-order valence-corrected chi connectivity index (χ1v) is 9.30. The van der Waals surface area contributed by atoms with Crippen LogP contribution in [0.25, 0.3) is 21.8 Å². The van der Waals surface area contributed by atoms with E-state index in [2.05, 4.69) is 48.7 Å². The molecule has 3 aromatic carbocycles. The minimum Gasteiger partial charge on any atom is -0.380 e. The molecule has 0 atom stereocenters. The van der Waals surface area contributed by atoms with Crippen molar-refractivity contribution in [2.75, 3.05) is 7.11 Å². The smallest absolute Gasteiger partial charge is 0.249 e. The van der Waals surface area contributed by atoms with E-state index >= 15 is 0 Å². The largest absolute Gasteiger partial charge is 0.380 e. The van der Waals surface area contributed by atoms with Crippen LogP contribution in [0.4, 0.5) is 0 Å². The van der Waals surface area contributed by atoms with Crippen LogP contribution in [0.2, 0.25) is 0 Å². The number of amides is 1. The minimum absolute atomic E-state index is 0.425. The van der Waals surface area contributed by atoms with E-state index in [0.29, 0.717) is 18.7 Å². The number of aryl methyl sites for hydroxylation is 2. The van der Waals surface area contributed by atoms with E-state index in [9.17, 15) is 4.79 Å². The Morgan fingerprint density at radius 2 is 1.82 bits per heavy atom. The van der Waals surface area contributed by atoms with E-state index in [1.807, 2.05) is 18.2 Å². The van der Waals surface area contributed by atoms with Gasteiger partial charge in [-0.3, -0.25) is 4.79 Å². The van der Waals surface area contributed by atoms with Gasteiger partial charge in [0.1, 0.15) is 0 Å². The number of hydrogen-bond donors (Lipinski definition) is 1. The van der Waals surface area contributed by atoms with Crippen molar-refractivity contribution in [1.82, 2.24) is 4.57 Å². The maximum atomic E-state index is 12.1. The zero-order valence-electron chi connectivity index (χ0n) is 16.4. The molecule has 0 aliphatic rings. The van der Waals surface area contributed by atoms with Crippen molar-refractivity contribution in [2.24, 2.45) is 5.73 Å². The van der Waals surface area contributed by atoms with Crippen molar-refractivity contribution in [1.29, 1.82) is 0 Å². The van der Waals surface area contributed by atoms with Crippen LogP contribution in [0.5, 0.6) is 0 Å². The zero-order valence-corrected chi connectivity index (χ0v) is 16.4. The lowest BCUT2D eigenvalue weighted by atomic mass is 10.0. The zero-order chi connectivity index (χ0) is 19.8. The highest BCUT2D eigenvalue weighted by Crippen LogP contribution is 2.33. The normalized spacial score (nSPS) is 11.4. The summed E-state index contributed by atoms with van der Waals surface area (Å²) in [5.74, 6) is -0.425. The van der Waals surface area contributed by atoms with Gasteiger partial charge in [0.2, 0.25) is 5.91 Å². The average molecular weight is 371 g/mol. The van der Waals surface area contributed by atoms with Gasteiger partial charge in [0, 0.05) is 30.0 Å². The lowest BCUT2D eigenvalue weighted by Crippen LogP contribution is -2.11. The highest BCUT2D eigenvalue weighted by molar-refractivity contribution is 6.17. The van der Waals surface area contributed by atoms with Gasteiger partial charge in [-0.15, -0.1) is 0 Å². The second-order valence-electron chi connectivity index (χ2n) is 7.22. The molecule has 141 valence electrons. The first kappa shape index (κ1) is 18.3. The molecule has 0 unspecified atom stereocenters. The summed E-state index contributed by atoms with van der Waals surface area (Å²) >= 11 is 0. The van der Waals surface area contributed by atoms with Crippen LogP contribution in [0, 0.1) is 19.9 Å². The summed E-state index contributed by atoms with van der Waals surface area (Å²) in [6.45, 7) is 5.49. The fourth-order valence-corrected chi connectivity index (χ4v) is 3.98. The van der Waals surface area contributed by atoms with E-state index in [1.54, 1.807) is 13.2 Å². The summed E-state index contributed by atoms with van der Waals surface area (Å²) in [5.41, 5.74) is 13.0. The third kappa shape index (κ3) is 2.96. The molecule has 4 rings (SSSR count). The first-order valence-electron chi connectivity index (χ1n) is 9.30. The topological polar surface area (TPSA) is 57.2 Å². The molecule has 0 aliphatic heterocycles. The second kappa shape index (κ2) is 7.13. The molecule has 1 heterocycles. The molecule has 28 heavy (non-hydrogen) atoms. The monoisotopic (exact) mass is 371 g/mol. The molecule has 0 fully saturated rings. The number of carbonyl (C=O) groups excluding carboxylic acids is 1. The lowest BCUT2D eigenvalue weighted by molar-refractivity contribution is 0.100. The molecule has 0 saturated heterocycles. The molecule has 1 aromatic heterocycles. The number of rotatable bonds is 5. The van der Waals surface area contributed by atoms with E-state index < -0.39 is 5.91 Å². The number of benzene rings is 3. The molecule has 1 radical (unpaired) electrons. The summed E-state index contributed by atoms with van der Waals surface area (Å²) in [6, 6.07) is 19.5. The Bertz CT molecular complexity index is 1180. The Kier molecular flexibility index (Phi) is 4.65. The Labute approximate surface area is 164 Å². The number of primary amides is 1. The average Bonchev–Trinajstić information content (AvgIpc) is 2.98. The number of nitrogens with zero attached hydrogens (tertiary/aromatic N) is 1. The summed E-state index contributed by atoms with van der Waals surface area (Å²) in [6.07, 6.45) is 0. The molecule has 2 N–H and O–H groups in total. The molecular weight excluding hydrogens is 348 g/mol. The van der Waals surface area contributed by atoms with Crippen molar-refractivity contribution in [2.45, 2.75) is 27.0 Å². The van der Waals surface area contributed by atoms with Gasteiger partial charge in [-0.25, -0.2) is 0 Å². The van der Waals surface area contributed by atoms with Crippen LogP contribution >= 0.6 is 0 Å². The number of hydrogen-bond acceptors (Lipinski definition) is 2. The standard InChI is InChI=1S/C24H23N2O2/c1-15-6-4-7-16(2)20(15)13-26-21-9-5-8-19(24(25)27)23(21)18-11-10-17(14-28-3)12-22(18)26/h4-10,12H,13-14H2,1-3H3,(H2,25,27). The van der Waals surface area contributed by atoms with Gasteiger partial charge in [0.25, 0.3) is 0 Å². The number of nitrogens with two attached hydrogens (primary N) is 1. The van der Waals surface area contributed by atoms with Gasteiger partial charge in [-0.1, -0.05) is 24.3 Å². The van der Waals surface area contributed by atoms with Gasteiger partial charge < -0.3 is 15.0 Å². The predicted molar refractivity (Wildman–Crippen MR) is 113 cm³/mol. The fraction of sp³-hybridized carbons (Fsp3) is 0.208. The SMILES string of the molecule is COCc1c[c]c2c3c(C(N)=O)cccc3n(Cc3c(C)cccc3C)c2c1. The van der Waals surface area contributed by atoms with Gasteiger partial charge in [0.05, 0.1) is 17.6 Å². The molecule has 0 saturated carbocycles. The lowest BCUT2D eigenvalue weighted by Gasteiger charge is -2.13. The summed E-state index contributed by atoms with van der Waals surface area (Å²) in [4.78, 5) is 12.1. The first-order chi connectivity index (χ1) is 13.5. The van der Waals surface area contributed by atoms with Crippen LogP contribution in [-0.4, -0.2) is 17.6 Å². The fourth-order valence-electron chi connectivity index (χ4n) is 3.98. The number of methoxy groups -OCH3 is 1. The number of fused-ring (bicyclic) bond motifs is 3. The van der Waals surface area contributed by atoms with E-state index in [0.717, 1.165) is 27.4 Å². The van der Waals surface area contributed by atoms with Crippen LogP contribution in [0.1, 0.15) is 32.6 Å². The van der Waals surface area contributed by atoms with Gasteiger partial charge in [0.15, 0.2) is 0 Å². The number of aromatic nitrogens is 1. The van der Waals surface area contributed by atoms with E-state index in [-0.39, 0.29) is 0 Å². The van der Waals surface area contributed by atoms with Crippen molar-refractivity contribution in [3.63, 3.8) is 0 Å². The van der Waals surface area contributed by atoms with Gasteiger partial charge >= 0.3 is 0 Å². The quantitative estimate of drug-likeness (QED) is 0.561. The van der Waals surface area contributed by atoms with E-state index in [4.69, 9.17) is 10.5 Å². The number of ether oxygens (including phenoxy) is 1. The summed E-state index contributed by atoms with van der Waals surface area (Å²) in [5, 5.41) is 1.77. The molecule has 4 heteroatoms.